The van der Waals surface area contributed by atoms with E-state index >= 15 is 0 Å². The molecule has 4 rings (SSSR count). The number of aromatic nitrogens is 1. The molecule has 0 saturated heterocycles. The topological polar surface area (TPSA) is 140 Å². The zero-order valence-electron chi connectivity index (χ0n) is 22.1. The Balaban J connectivity index is 1.87. The first-order chi connectivity index (χ1) is 19.7. The smallest absolute Gasteiger partial charge is 0.418 e. The highest BCUT2D eigenvalue weighted by Gasteiger charge is 2.51. The zero-order chi connectivity index (χ0) is 30.7. The van der Waals surface area contributed by atoms with Crippen LogP contribution in [0.2, 0.25) is 0 Å². The summed E-state index contributed by atoms with van der Waals surface area (Å²) in [5.41, 5.74) is 3.64. The van der Waals surface area contributed by atoms with E-state index in [0.717, 1.165) is 6.26 Å². The number of carbonyl (C=O) groups excluding carboxylic acids is 2. The van der Waals surface area contributed by atoms with E-state index in [4.69, 9.17) is 10.5 Å². The molecular weight excluding hydrogens is 573 g/mol. The average molecular weight is 599 g/mol. The summed E-state index contributed by atoms with van der Waals surface area (Å²) in [6.07, 6.45) is -1.66. The summed E-state index contributed by atoms with van der Waals surface area (Å²) >= 11 is 0. The van der Waals surface area contributed by atoms with Crippen molar-refractivity contribution in [3.05, 3.63) is 102 Å². The van der Waals surface area contributed by atoms with Gasteiger partial charge in [-0.05, 0) is 52.9 Å². The molecule has 0 radical (unpaired) electrons. The number of anilines is 2. The molecule has 0 spiro atoms. The van der Waals surface area contributed by atoms with Crippen LogP contribution in [0.4, 0.5) is 24.7 Å². The number of fused-ring (bicyclic) bond motifs is 1. The molecule has 13 heteroatoms. The standard InChI is InChI=1S/C29H25F3N4O5S/c1-3-18-7-6-9-21(15-18)28(41-27(38)29(30,31)32,36-22-11-12-23-19(16-22)13-14-34-25(23)33)26(37)35-17-20-8-4-5-10-24(20)42(2,39)40/h3-16,36H,1,17H2,2H3,(H2,33,34)(H,35,37). The van der Waals surface area contributed by atoms with Crippen LogP contribution in [-0.4, -0.2) is 37.7 Å². The number of hydrogen-bond donors (Lipinski definition) is 3. The van der Waals surface area contributed by atoms with Gasteiger partial charge < -0.3 is 21.1 Å². The van der Waals surface area contributed by atoms with Gasteiger partial charge in [0.05, 0.1) is 4.90 Å². The molecule has 1 aromatic heterocycles. The van der Waals surface area contributed by atoms with Crippen LogP contribution < -0.4 is 16.4 Å². The van der Waals surface area contributed by atoms with Gasteiger partial charge in [-0.25, -0.2) is 18.2 Å². The Kier molecular flexibility index (Phi) is 8.25. The van der Waals surface area contributed by atoms with Crippen molar-refractivity contribution in [2.45, 2.75) is 23.3 Å². The molecule has 0 aliphatic heterocycles. The molecule has 42 heavy (non-hydrogen) atoms. The van der Waals surface area contributed by atoms with Crippen LogP contribution in [0, 0.1) is 0 Å². The van der Waals surface area contributed by atoms with E-state index in [1.807, 2.05) is 0 Å². The fourth-order valence-corrected chi connectivity index (χ4v) is 5.21. The maximum atomic E-state index is 14.0. The molecule has 218 valence electrons. The summed E-state index contributed by atoms with van der Waals surface area (Å²) in [5, 5.41) is 6.20. The molecule has 1 unspecified atom stereocenters. The number of rotatable bonds is 9. The molecule has 0 saturated carbocycles. The lowest BCUT2D eigenvalue weighted by molar-refractivity contribution is -0.213. The largest absolute Gasteiger partial charge is 0.491 e. The Morgan fingerprint density at radius 2 is 1.79 bits per heavy atom. The Bertz CT molecular complexity index is 1790. The van der Waals surface area contributed by atoms with Crippen LogP contribution in [0.5, 0.6) is 0 Å². The molecule has 0 fully saturated rings. The summed E-state index contributed by atoms with van der Waals surface area (Å²) in [6, 6.07) is 17.5. The van der Waals surface area contributed by atoms with Gasteiger partial charge in [-0.1, -0.05) is 49.1 Å². The molecule has 9 nitrogen and oxygen atoms in total. The fourth-order valence-electron chi connectivity index (χ4n) is 4.27. The van der Waals surface area contributed by atoms with Crippen molar-refractivity contribution in [1.29, 1.82) is 0 Å². The predicted molar refractivity (Wildman–Crippen MR) is 152 cm³/mol. The number of benzene rings is 3. The molecule has 0 aliphatic rings. The second-order valence-corrected chi connectivity index (χ2v) is 11.2. The SMILES string of the molecule is C=Cc1cccc(C(Nc2ccc3c(N)nccc3c2)(OC(=O)C(F)(F)F)C(=O)NCc2ccccc2S(C)(=O)=O)c1. The number of ether oxygens (including phenoxy) is 1. The molecule has 1 atom stereocenters. The van der Waals surface area contributed by atoms with Gasteiger partial charge in [0, 0.05) is 35.6 Å². The number of halogens is 3. The monoisotopic (exact) mass is 598 g/mol. The first-order valence-corrected chi connectivity index (χ1v) is 14.2. The van der Waals surface area contributed by atoms with E-state index in [0.29, 0.717) is 16.3 Å². The van der Waals surface area contributed by atoms with Crippen molar-refractivity contribution in [2.75, 3.05) is 17.3 Å². The number of nitrogens with zero attached hydrogens (tertiary/aromatic N) is 1. The number of carbonyl (C=O) groups is 2. The number of amides is 1. The number of pyridine rings is 1. The van der Waals surface area contributed by atoms with Crippen LogP contribution in [0.25, 0.3) is 16.8 Å². The lowest BCUT2D eigenvalue weighted by atomic mass is 9.97. The van der Waals surface area contributed by atoms with Crippen LogP contribution in [0.3, 0.4) is 0 Å². The molecule has 4 aromatic rings. The third-order valence-corrected chi connectivity index (χ3v) is 7.45. The molecule has 0 aliphatic carbocycles. The van der Waals surface area contributed by atoms with Gasteiger partial charge in [0.15, 0.2) is 9.84 Å². The van der Waals surface area contributed by atoms with E-state index in [9.17, 15) is 31.2 Å². The fraction of sp³-hybridized carbons (Fsp3) is 0.138. The summed E-state index contributed by atoms with van der Waals surface area (Å²) in [5.74, 6) is -3.64. The first kappa shape index (κ1) is 30.1. The van der Waals surface area contributed by atoms with E-state index in [2.05, 4.69) is 22.2 Å². The van der Waals surface area contributed by atoms with Crippen LogP contribution in [0.1, 0.15) is 16.7 Å². The maximum Gasteiger partial charge on any atom is 0.491 e. The van der Waals surface area contributed by atoms with Crippen LogP contribution in [0.15, 0.2) is 90.5 Å². The molecule has 0 bridgehead atoms. The third kappa shape index (κ3) is 6.36. The molecule has 3 aromatic carbocycles. The normalized spacial score (nSPS) is 13.1. The van der Waals surface area contributed by atoms with Crippen LogP contribution in [-0.2, 0) is 36.4 Å². The van der Waals surface area contributed by atoms with Crippen molar-refractivity contribution in [2.24, 2.45) is 0 Å². The number of nitrogens with one attached hydrogen (secondary N) is 2. The van der Waals surface area contributed by atoms with Crippen molar-refractivity contribution in [3.8, 4) is 0 Å². The van der Waals surface area contributed by atoms with Gasteiger partial charge in [-0.15, -0.1) is 0 Å². The summed E-state index contributed by atoms with van der Waals surface area (Å²) in [4.78, 5) is 30.2. The highest BCUT2D eigenvalue weighted by molar-refractivity contribution is 7.90. The molecular formula is C29H25F3N4O5S. The number of nitrogens with two attached hydrogens (primary N) is 1. The number of alkyl halides is 3. The van der Waals surface area contributed by atoms with Crippen molar-refractivity contribution in [3.63, 3.8) is 0 Å². The minimum Gasteiger partial charge on any atom is -0.418 e. The maximum absolute atomic E-state index is 14.0. The minimum atomic E-state index is -5.46. The van der Waals surface area contributed by atoms with Crippen LogP contribution >= 0.6 is 0 Å². The van der Waals surface area contributed by atoms with E-state index in [1.54, 1.807) is 12.1 Å². The Morgan fingerprint density at radius 3 is 2.48 bits per heavy atom. The van der Waals surface area contributed by atoms with Gasteiger partial charge in [0.1, 0.15) is 5.82 Å². The van der Waals surface area contributed by atoms with Crippen molar-refractivity contribution < 1.29 is 35.9 Å². The first-order valence-electron chi connectivity index (χ1n) is 12.3. The lowest BCUT2D eigenvalue weighted by Crippen LogP contribution is -2.54. The number of nitrogen functional groups attached to an aromatic ring is 1. The van der Waals surface area contributed by atoms with Gasteiger partial charge >= 0.3 is 12.1 Å². The molecule has 4 N–H and O–H groups in total. The van der Waals surface area contributed by atoms with Gasteiger partial charge in [-0.3, -0.25) is 4.79 Å². The second kappa shape index (κ2) is 11.5. The van der Waals surface area contributed by atoms with Gasteiger partial charge in [0.25, 0.3) is 11.6 Å². The summed E-state index contributed by atoms with van der Waals surface area (Å²) < 4.78 is 70.3. The average Bonchev–Trinajstić information content (AvgIpc) is 2.94. The van der Waals surface area contributed by atoms with Crippen molar-refractivity contribution >= 4 is 50.1 Å². The Labute approximate surface area is 239 Å². The van der Waals surface area contributed by atoms with Gasteiger partial charge in [0.2, 0.25) is 0 Å². The third-order valence-electron chi connectivity index (χ3n) is 6.25. The van der Waals surface area contributed by atoms with E-state index < -0.39 is 40.2 Å². The molecule has 1 heterocycles. The Hall–Kier alpha value is -4.91. The predicted octanol–water partition coefficient (Wildman–Crippen LogP) is 4.55. The molecule has 1 amide bonds. The highest BCUT2D eigenvalue weighted by atomic mass is 32.2. The van der Waals surface area contributed by atoms with E-state index in [-0.39, 0.29) is 27.5 Å². The lowest BCUT2D eigenvalue weighted by Gasteiger charge is -2.34. The quantitative estimate of drug-likeness (QED) is 0.188. The minimum absolute atomic E-state index is 0.0921. The highest BCUT2D eigenvalue weighted by Crippen LogP contribution is 2.34. The Morgan fingerprint density at radius 1 is 1.05 bits per heavy atom. The second-order valence-electron chi connectivity index (χ2n) is 9.22. The number of esters is 1. The van der Waals surface area contributed by atoms with Crippen molar-refractivity contribution in [1.82, 2.24) is 10.3 Å². The summed E-state index contributed by atoms with van der Waals surface area (Å²) in [7, 11) is -3.72. The van der Waals surface area contributed by atoms with E-state index in [1.165, 1.54) is 72.9 Å². The number of hydrogen-bond acceptors (Lipinski definition) is 8. The van der Waals surface area contributed by atoms with Gasteiger partial charge in [-0.2, -0.15) is 13.2 Å². The number of sulfone groups is 1. The summed E-state index contributed by atoms with van der Waals surface area (Å²) in [6.45, 7) is 3.23. The zero-order valence-corrected chi connectivity index (χ0v) is 22.9.